The van der Waals surface area contributed by atoms with Gasteiger partial charge < -0.3 is 5.32 Å². The summed E-state index contributed by atoms with van der Waals surface area (Å²) in [4.78, 5) is 2.37. The summed E-state index contributed by atoms with van der Waals surface area (Å²) in [6, 6.07) is 0. The first-order valence-corrected chi connectivity index (χ1v) is 6.94. The van der Waals surface area contributed by atoms with Gasteiger partial charge in [-0.3, -0.25) is 0 Å². The van der Waals surface area contributed by atoms with Gasteiger partial charge in [-0.25, -0.2) is 0 Å². The molecule has 0 spiro atoms. The van der Waals surface area contributed by atoms with Crippen molar-refractivity contribution in [3.8, 4) is 0 Å². The summed E-state index contributed by atoms with van der Waals surface area (Å²) in [6.07, 6.45) is 1.36. The topological polar surface area (TPSA) is 12.0 Å². The molecule has 2 heteroatoms. The molecular weight excluding hydrogens is 225 g/mol. The van der Waals surface area contributed by atoms with Gasteiger partial charge in [0.05, 0.1) is 0 Å². The van der Waals surface area contributed by atoms with Gasteiger partial charge in [-0.15, -0.1) is 0 Å². The fourth-order valence-electron chi connectivity index (χ4n) is 0.677. The third-order valence-corrected chi connectivity index (χ3v) is 4.45. The molecule has 0 rings (SSSR count). The van der Waals surface area contributed by atoms with Gasteiger partial charge in [-0.2, -0.15) is 0 Å². The van der Waals surface area contributed by atoms with E-state index in [4.69, 9.17) is 0 Å². The van der Waals surface area contributed by atoms with E-state index >= 15 is 0 Å². The maximum absolute atomic E-state index is 3.38. The summed E-state index contributed by atoms with van der Waals surface area (Å²) in [7, 11) is 0. The van der Waals surface area contributed by atoms with Gasteiger partial charge >= 0.3 is 0 Å². The lowest BCUT2D eigenvalue weighted by Crippen LogP contribution is -3.64. The SMILES string of the molecule is CCNCC(CC)[I+]C. The van der Waals surface area contributed by atoms with Crippen LogP contribution in [0.4, 0.5) is 0 Å². The van der Waals surface area contributed by atoms with Crippen molar-refractivity contribution in [3.63, 3.8) is 0 Å². The molecule has 0 aliphatic rings. The van der Waals surface area contributed by atoms with Gasteiger partial charge in [0, 0.05) is 6.54 Å². The molecule has 56 valence electrons. The van der Waals surface area contributed by atoms with Crippen LogP contribution in [0.25, 0.3) is 0 Å². The van der Waals surface area contributed by atoms with Crippen molar-refractivity contribution < 1.29 is 21.2 Å². The molecule has 0 radical (unpaired) electrons. The van der Waals surface area contributed by atoms with Crippen molar-refractivity contribution in [2.45, 2.75) is 24.2 Å². The highest BCUT2D eigenvalue weighted by Gasteiger charge is 2.14. The minimum absolute atomic E-state index is 0.466. The standard InChI is InChI=1S/C7H17IN/c1-4-7(8-3)6-9-5-2/h7,9H,4-6H2,1-3H3/q+1. The molecule has 0 amide bonds. The van der Waals surface area contributed by atoms with E-state index in [0.717, 1.165) is 10.5 Å². The third kappa shape index (κ3) is 5.15. The quantitative estimate of drug-likeness (QED) is 0.438. The van der Waals surface area contributed by atoms with Crippen molar-refractivity contribution in [2.24, 2.45) is 0 Å². The molecule has 0 heterocycles. The lowest BCUT2D eigenvalue weighted by atomic mass is 10.3. The first-order chi connectivity index (χ1) is 4.35. The van der Waals surface area contributed by atoms with E-state index in [-0.39, 0.29) is 0 Å². The van der Waals surface area contributed by atoms with Gasteiger partial charge in [-0.1, -0.05) is 13.8 Å². The molecule has 0 aromatic carbocycles. The highest BCUT2D eigenvalue weighted by Crippen LogP contribution is 1.76. The molecule has 0 aliphatic carbocycles. The van der Waals surface area contributed by atoms with E-state index in [1.54, 1.807) is 0 Å². The Bertz CT molecular complexity index is 52.9. The Balaban J connectivity index is 3.09. The van der Waals surface area contributed by atoms with Gasteiger partial charge in [0.25, 0.3) is 21.2 Å². The van der Waals surface area contributed by atoms with E-state index < -0.39 is 0 Å². The largest absolute Gasteiger partial charge is 0.313 e. The van der Waals surface area contributed by atoms with Crippen molar-refractivity contribution in [1.82, 2.24) is 5.32 Å². The highest BCUT2D eigenvalue weighted by molar-refractivity contribution is 4.53. The second-order valence-electron chi connectivity index (χ2n) is 2.03. The Labute approximate surface area is 68.9 Å². The first-order valence-electron chi connectivity index (χ1n) is 3.53. The highest BCUT2D eigenvalue weighted by atomic mass is 127. The molecule has 1 atom stereocenters. The predicted molar refractivity (Wildman–Crippen MR) is 38.5 cm³/mol. The maximum Gasteiger partial charge on any atom is 0.270 e. The number of nitrogens with one attached hydrogen (secondary N) is 1. The Morgan fingerprint density at radius 3 is 2.44 bits per heavy atom. The zero-order chi connectivity index (χ0) is 7.11. The number of hydrogen-bond donors (Lipinski definition) is 1. The molecule has 0 fully saturated rings. The lowest BCUT2D eigenvalue weighted by molar-refractivity contribution is -0.661. The fourth-order valence-corrected chi connectivity index (χ4v) is 2.31. The maximum atomic E-state index is 3.38. The molecule has 0 aromatic heterocycles. The van der Waals surface area contributed by atoms with Crippen molar-refractivity contribution in [3.05, 3.63) is 0 Å². The van der Waals surface area contributed by atoms with Crippen LogP contribution in [-0.4, -0.2) is 21.9 Å². The van der Waals surface area contributed by atoms with Gasteiger partial charge in [0.1, 0.15) is 4.93 Å². The molecule has 1 N–H and O–H groups in total. The molecule has 0 aliphatic heterocycles. The van der Waals surface area contributed by atoms with Crippen LogP contribution in [0.15, 0.2) is 0 Å². The summed E-state index contributed by atoms with van der Waals surface area (Å²) >= 11 is 0.466. The van der Waals surface area contributed by atoms with E-state index in [9.17, 15) is 0 Å². The van der Waals surface area contributed by atoms with Crippen molar-refractivity contribution in [1.29, 1.82) is 0 Å². The predicted octanol–water partition coefficient (Wildman–Crippen LogP) is -1.91. The Hall–Kier alpha value is 0.690. The van der Waals surface area contributed by atoms with E-state index in [0.29, 0.717) is 21.2 Å². The average Bonchev–Trinajstić information content (AvgIpc) is 1.91. The minimum atomic E-state index is 0.466. The molecular formula is C7H17IN+. The van der Waals surface area contributed by atoms with E-state index in [2.05, 4.69) is 24.1 Å². The van der Waals surface area contributed by atoms with Gasteiger partial charge in [0.2, 0.25) is 0 Å². The monoisotopic (exact) mass is 242 g/mol. The molecule has 0 aromatic rings. The van der Waals surface area contributed by atoms with Crippen LogP contribution >= 0.6 is 0 Å². The number of alkyl halides is 2. The van der Waals surface area contributed by atoms with E-state index in [1.807, 2.05) is 0 Å². The van der Waals surface area contributed by atoms with Crippen LogP contribution < -0.4 is 26.5 Å². The number of rotatable bonds is 5. The van der Waals surface area contributed by atoms with Gasteiger partial charge in [-0.05, 0) is 13.0 Å². The average molecular weight is 242 g/mol. The fraction of sp³-hybridized carbons (Fsp3) is 1.00. The number of hydrogen-bond acceptors (Lipinski definition) is 1. The smallest absolute Gasteiger partial charge is 0.270 e. The van der Waals surface area contributed by atoms with Crippen LogP contribution in [0.1, 0.15) is 20.3 Å². The van der Waals surface area contributed by atoms with Crippen LogP contribution in [-0.2, 0) is 0 Å². The molecule has 1 nitrogen and oxygen atoms in total. The Kier molecular flexibility index (Phi) is 7.33. The zero-order valence-corrected chi connectivity index (χ0v) is 8.73. The summed E-state index contributed by atoms with van der Waals surface area (Å²) in [5, 5.41) is 3.38. The van der Waals surface area contributed by atoms with Crippen molar-refractivity contribution >= 4 is 0 Å². The third-order valence-electron chi connectivity index (χ3n) is 1.37. The Morgan fingerprint density at radius 1 is 1.44 bits per heavy atom. The van der Waals surface area contributed by atoms with Crippen LogP contribution in [0.5, 0.6) is 0 Å². The molecule has 1 unspecified atom stereocenters. The first kappa shape index (κ1) is 9.69. The minimum Gasteiger partial charge on any atom is -0.313 e. The summed E-state index contributed by atoms with van der Waals surface area (Å²) in [5.74, 6) is 0. The zero-order valence-electron chi connectivity index (χ0n) is 6.58. The Morgan fingerprint density at radius 2 is 2.11 bits per heavy atom. The van der Waals surface area contributed by atoms with Crippen LogP contribution in [0, 0.1) is 0 Å². The van der Waals surface area contributed by atoms with E-state index in [1.165, 1.54) is 13.0 Å². The lowest BCUT2D eigenvalue weighted by Gasteiger charge is -2.00. The molecule has 0 bridgehead atoms. The molecule has 0 saturated heterocycles. The van der Waals surface area contributed by atoms with Crippen molar-refractivity contribution in [2.75, 3.05) is 18.0 Å². The second-order valence-corrected chi connectivity index (χ2v) is 5.04. The van der Waals surface area contributed by atoms with Gasteiger partial charge in [0.15, 0.2) is 3.92 Å². The summed E-state index contributed by atoms with van der Waals surface area (Å²) < 4.78 is 1.00. The normalized spacial score (nSPS) is 13.7. The summed E-state index contributed by atoms with van der Waals surface area (Å²) in [5.41, 5.74) is 0. The molecule has 0 saturated carbocycles. The van der Waals surface area contributed by atoms with Crippen LogP contribution in [0.3, 0.4) is 0 Å². The number of halogens is 1. The summed E-state index contributed by atoms with van der Waals surface area (Å²) in [6.45, 7) is 6.82. The van der Waals surface area contributed by atoms with Crippen LogP contribution in [0.2, 0.25) is 0 Å². The molecule has 9 heavy (non-hydrogen) atoms. The second kappa shape index (κ2) is 6.81.